The van der Waals surface area contributed by atoms with Gasteiger partial charge in [-0.1, -0.05) is 19.1 Å². The average Bonchev–Trinajstić information content (AvgIpc) is 2.45. The van der Waals surface area contributed by atoms with Crippen molar-refractivity contribution in [3.63, 3.8) is 0 Å². The molecule has 1 aromatic heterocycles. The third-order valence-corrected chi connectivity index (χ3v) is 3.07. The Balaban J connectivity index is 2.63. The highest BCUT2D eigenvalue weighted by Gasteiger charge is 2.13. The van der Waals surface area contributed by atoms with E-state index < -0.39 is 0 Å². The zero-order valence-corrected chi connectivity index (χ0v) is 12.2. The second-order valence-electron chi connectivity index (χ2n) is 4.64. The van der Waals surface area contributed by atoms with E-state index in [0.717, 1.165) is 38.3 Å². The standard InChI is InChI=1S/C16H24FN3/c1-4-10-20(11-5-2)12-9-16(18-6-3)15-8-7-14(17)13-19-15/h4-5,7-8,13,16,18H,1-2,6,9-12H2,3H3. The first-order chi connectivity index (χ1) is 9.71. The van der Waals surface area contributed by atoms with Crippen molar-refractivity contribution in [3.8, 4) is 0 Å². The number of hydrogen-bond donors (Lipinski definition) is 1. The molecule has 110 valence electrons. The summed E-state index contributed by atoms with van der Waals surface area (Å²) in [5.74, 6) is -0.302. The molecule has 1 aromatic rings. The van der Waals surface area contributed by atoms with Crippen LogP contribution in [0.1, 0.15) is 25.1 Å². The third kappa shape index (κ3) is 5.63. The molecule has 0 spiro atoms. The highest BCUT2D eigenvalue weighted by molar-refractivity contribution is 5.10. The Morgan fingerprint density at radius 1 is 1.35 bits per heavy atom. The van der Waals surface area contributed by atoms with Crippen molar-refractivity contribution in [1.82, 2.24) is 15.2 Å². The lowest BCUT2D eigenvalue weighted by atomic mass is 10.1. The largest absolute Gasteiger partial charge is 0.309 e. The first kappa shape index (κ1) is 16.5. The molecule has 1 heterocycles. The summed E-state index contributed by atoms with van der Waals surface area (Å²) >= 11 is 0. The number of aromatic nitrogens is 1. The minimum Gasteiger partial charge on any atom is -0.309 e. The number of rotatable bonds is 10. The molecular weight excluding hydrogens is 253 g/mol. The second-order valence-corrected chi connectivity index (χ2v) is 4.64. The van der Waals surface area contributed by atoms with E-state index in [2.05, 4.69) is 35.3 Å². The topological polar surface area (TPSA) is 28.2 Å². The van der Waals surface area contributed by atoms with Gasteiger partial charge in [0.25, 0.3) is 0 Å². The van der Waals surface area contributed by atoms with Crippen LogP contribution in [0.4, 0.5) is 4.39 Å². The van der Waals surface area contributed by atoms with Crippen LogP contribution in [0.2, 0.25) is 0 Å². The van der Waals surface area contributed by atoms with Gasteiger partial charge in [0.15, 0.2) is 0 Å². The van der Waals surface area contributed by atoms with E-state index in [0.29, 0.717) is 0 Å². The second kappa shape index (κ2) is 9.39. The molecule has 1 N–H and O–H groups in total. The minimum atomic E-state index is -0.302. The highest BCUT2D eigenvalue weighted by Crippen LogP contribution is 2.15. The fraction of sp³-hybridized carbons (Fsp3) is 0.438. The molecule has 1 atom stereocenters. The molecule has 1 unspecified atom stereocenters. The van der Waals surface area contributed by atoms with Gasteiger partial charge in [-0.3, -0.25) is 9.88 Å². The molecule has 0 bridgehead atoms. The van der Waals surface area contributed by atoms with E-state index in [1.807, 2.05) is 12.2 Å². The SMILES string of the molecule is C=CCN(CC=C)CCC(NCC)c1ccc(F)cn1. The number of pyridine rings is 1. The maximum atomic E-state index is 12.9. The fourth-order valence-corrected chi connectivity index (χ4v) is 2.13. The Morgan fingerprint density at radius 2 is 2.05 bits per heavy atom. The Labute approximate surface area is 121 Å². The average molecular weight is 277 g/mol. The molecule has 0 radical (unpaired) electrons. The predicted octanol–water partition coefficient (Wildman–Crippen LogP) is 2.94. The summed E-state index contributed by atoms with van der Waals surface area (Å²) in [6.07, 6.45) is 5.96. The first-order valence-electron chi connectivity index (χ1n) is 7.00. The van der Waals surface area contributed by atoms with Crippen molar-refractivity contribution >= 4 is 0 Å². The summed E-state index contributed by atoms with van der Waals surface area (Å²) < 4.78 is 12.9. The summed E-state index contributed by atoms with van der Waals surface area (Å²) in [6, 6.07) is 3.34. The molecule has 0 saturated carbocycles. The van der Waals surface area contributed by atoms with Gasteiger partial charge in [-0.2, -0.15) is 0 Å². The van der Waals surface area contributed by atoms with Gasteiger partial charge in [0.05, 0.1) is 17.9 Å². The van der Waals surface area contributed by atoms with Crippen LogP contribution in [0.15, 0.2) is 43.6 Å². The summed E-state index contributed by atoms with van der Waals surface area (Å²) in [7, 11) is 0. The van der Waals surface area contributed by atoms with Crippen LogP contribution in [0.25, 0.3) is 0 Å². The first-order valence-corrected chi connectivity index (χ1v) is 7.00. The van der Waals surface area contributed by atoms with Gasteiger partial charge in [-0.25, -0.2) is 4.39 Å². The number of hydrogen-bond acceptors (Lipinski definition) is 3. The van der Waals surface area contributed by atoms with E-state index in [4.69, 9.17) is 0 Å². The van der Waals surface area contributed by atoms with Crippen molar-refractivity contribution in [3.05, 3.63) is 55.2 Å². The summed E-state index contributed by atoms with van der Waals surface area (Å²) in [5.41, 5.74) is 0.880. The maximum Gasteiger partial charge on any atom is 0.141 e. The van der Waals surface area contributed by atoms with Gasteiger partial charge < -0.3 is 5.32 Å². The van der Waals surface area contributed by atoms with Crippen molar-refractivity contribution in [2.75, 3.05) is 26.2 Å². The smallest absolute Gasteiger partial charge is 0.141 e. The van der Waals surface area contributed by atoms with Gasteiger partial charge in [0.2, 0.25) is 0 Å². The van der Waals surface area contributed by atoms with Gasteiger partial charge in [-0.15, -0.1) is 13.2 Å². The zero-order chi connectivity index (χ0) is 14.8. The number of nitrogens with zero attached hydrogens (tertiary/aromatic N) is 2. The molecule has 0 aliphatic heterocycles. The van der Waals surface area contributed by atoms with E-state index >= 15 is 0 Å². The molecule has 0 saturated heterocycles. The van der Waals surface area contributed by atoms with Crippen LogP contribution in [0, 0.1) is 5.82 Å². The number of nitrogens with one attached hydrogen (secondary N) is 1. The van der Waals surface area contributed by atoms with Gasteiger partial charge in [-0.05, 0) is 25.1 Å². The Morgan fingerprint density at radius 3 is 2.55 bits per heavy atom. The third-order valence-electron chi connectivity index (χ3n) is 3.07. The van der Waals surface area contributed by atoms with Gasteiger partial charge >= 0.3 is 0 Å². The van der Waals surface area contributed by atoms with Gasteiger partial charge in [0.1, 0.15) is 5.82 Å². The lowest BCUT2D eigenvalue weighted by Crippen LogP contribution is -2.30. The molecule has 1 rings (SSSR count). The molecule has 0 aliphatic rings. The highest BCUT2D eigenvalue weighted by atomic mass is 19.1. The summed E-state index contributed by atoms with van der Waals surface area (Å²) in [6.45, 7) is 13.0. The quantitative estimate of drug-likeness (QED) is 0.667. The van der Waals surface area contributed by atoms with Crippen LogP contribution in [-0.2, 0) is 0 Å². The monoisotopic (exact) mass is 277 g/mol. The van der Waals surface area contributed by atoms with Crippen molar-refractivity contribution in [2.24, 2.45) is 0 Å². The molecule has 0 aromatic carbocycles. The van der Waals surface area contributed by atoms with Crippen LogP contribution in [0.5, 0.6) is 0 Å². The van der Waals surface area contributed by atoms with E-state index in [1.54, 1.807) is 6.07 Å². The van der Waals surface area contributed by atoms with Crippen LogP contribution < -0.4 is 5.32 Å². The normalized spacial score (nSPS) is 12.3. The summed E-state index contributed by atoms with van der Waals surface area (Å²) in [4.78, 5) is 6.43. The fourth-order valence-electron chi connectivity index (χ4n) is 2.13. The maximum absolute atomic E-state index is 12.9. The Bertz CT molecular complexity index is 393. The van der Waals surface area contributed by atoms with E-state index in [1.165, 1.54) is 12.3 Å². The molecule has 0 fully saturated rings. The molecular formula is C16H24FN3. The zero-order valence-electron chi connectivity index (χ0n) is 12.2. The molecule has 4 heteroatoms. The number of halogens is 1. The van der Waals surface area contributed by atoms with Crippen LogP contribution in [-0.4, -0.2) is 36.1 Å². The van der Waals surface area contributed by atoms with Crippen molar-refractivity contribution < 1.29 is 4.39 Å². The molecule has 0 aliphatic carbocycles. The molecule has 3 nitrogen and oxygen atoms in total. The lowest BCUT2D eigenvalue weighted by molar-refractivity contribution is 0.307. The lowest BCUT2D eigenvalue weighted by Gasteiger charge is -2.23. The van der Waals surface area contributed by atoms with Crippen LogP contribution >= 0.6 is 0 Å². The van der Waals surface area contributed by atoms with Crippen molar-refractivity contribution in [2.45, 2.75) is 19.4 Å². The molecule has 0 amide bonds. The van der Waals surface area contributed by atoms with E-state index in [-0.39, 0.29) is 11.9 Å². The summed E-state index contributed by atoms with van der Waals surface area (Å²) in [5, 5.41) is 3.39. The van der Waals surface area contributed by atoms with Gasteiger partial charge in [0, 0.05) is 19.6 Å². The Kier molecular flexibility index (Phi) is 7.77. The molecule has 20 heavy (non-hydrogen) atoms. The van der Waals surface area contributed by atoms with E-state index in [9.17, 15) is 4.39 Å². The minimum absolute atomic E-state index is 0.137. The van der Waals surface area contributed by atoms with Crippen LogP contribution in [0.3, 0.4) is 0 Å². The van der Waals surface area contributed by atoms with Crippen molar-refractivity contribution in [1.29, 1.82) is 0 Å². The predicted molar refractivity (Wildman–Crippen MR) is 82.1 cm³/mol. The Hall–Kier alpha value is -1.52.